The number of carbonyl (C=O) groups excluding carboxylic acids is 1. The van der Waals surface area contributed by atoms with Crippen LogP contribution in [0, 0.1) is 13.8 Å². The summed E-state index contributed by atoms with van der Waals surface area (Å²) in [6, 6.07) is 0.347. The number of hydrogen-bond acceptors (Lipinski definition) is 5. The molecule has 3 N–H and O–H groups in total. The topological polar surface area (TPSA) is 84.1 Å². The second-order valence-corrected chi connectivity index (χ2v) is 5.35. The molecule has 1 aliphatic carbocycles. The van der Waals surface area contributed by atoms with Crippen molar-refractivity contribution in [3.05, 3.63) is 11.4 Å². The molecule has 0 aliphatic heterocycles. The smallest absolute Gasteiger partial charge is 0.237 e. The maximum absolute atomic E-state index is 11.4. The van der Waals surface area contributed by atoms with E-state index in [1.54, 1.807) is 0 Å². The molecule has 0 bridgehead atoms. The molecule has 0 unspecified atom stereocenters. The molecule has 6 nitrogen and oxygen atoms in total. The van der Waals surface area contributed by atoms with Gasteiger partial charge in [-0.05, 0) is 26.7 Å². The molecule has 1 fully saturated rings. The number of aryl methyl sites for hydroxylation is 1. The van der Waals surface area contributed by atoms with Crippen LogP contribution >= 0.6 is 0 Å². The summed E-state index contributed by atoms with van der Waals surface area (Å²) in [6.07, 6.45) is 4.57. The third kappa shape index (κ3) is 3.00. The minimum absolute atomic E-state index is 0.213. The first-order valence-electron chi connectivity index (χ1n) is 7.11. The van der Waals surface area contributed by atoms with Gasteiger partial charge in [-0.1, -0.05) is 12.8 Å². The van der Waals surface area contributed by atoms with Gasteiger partial charge in [0.05, 0.1) is 6.54 Å². The predicted octanol–water partition coefficient (Wildman–Crippen LogP) is 1.37. The van der Waals surface area contributed by atoms with E-state index in [0.717, 1.165) is 30.0 Å². The molecule has 1 amide bonds. The van der Waals surface area contributed by atoms with Crippen molar-refractivity contribution in [2.75, 3.05) is 23.8 Å². The number of nitrogens with two attached hydrogens (primary N) is 1. The molecule has 0 atom stereocenters. The SMILES string of the molecule is CNc1nc(C)nc(N(CC(N)=O)C2CCCC2)c1C. The molecule has 1 saturated carbocycles. The van der Waals surface area contributed by atoms with E-state index in [2.05, 4.69) is 20.2 Å². The van der Waals surface area contributed by atoms with Crippen LogP contribution in [0.25, 0.3) is 0 Å². The molecule has 6 heteroatoms. The van der Waals surface area contributed by atoms with Gasteiger partial charge in [-0.25, -0.2) is 9.97 Å². The second-order valence-electron chi connectivity index (χ2n) is 5.35. The third-order valence-corrected chi connectivity index (χ3v) is 3.83. The molecular formula is C14H23N5O. The van der Waals surface area contributed by atoms with Crippen molar-refractivity contribution in [2.45, 2.75) is 45.6 Å². The van der Waals surface area contributed by atoms with Crippen molar-refractivity contribution in [2.24, 2.45) is 5.73 Å². The first-order valence-corrected chi connectivity index (χ1v) is 7.11. The fourth-order valence-electron chi connectivity index (χ4n) is 2.90. The largest absolute Gasteiger partial charge is 0.373 e. The van der Waals surface area contributed by atoms with Crippen molar-refractivity contribution in [1.29, 1.82) is 0 Å². The van der Waals surface area contributed by atoms with Gasteiger partial charge in [0.2, 0.25) is 5.91 Å². The van der Waals surface area contributed by atoms with Gasteiger partial charge in [-0.3, -0.25) is 4.79 Å². The van der Waals surface area contributed by atoms with E-state index in [1.807, 2.05) is 20.9 Å². The van der Waals surface area contributed by atoms with Crippen molar-refractivity contribution in [1.82, 2.24) is 9.97 Å². The number of anilines is 2. The number of aromatic nitrogens is 2. The first-order chi connectivity index (χ1) is 9.52. The maximum Gasteiger partial charge on any atom is 0.237 e. The van der Waals surface area contributed by atoms with Gasteiger partial charge in [0.1, 0.15) is 17.5 Å². The molecule has 1 aliphatic rings. The molecule has 0 aromatic carbocycles. The summed E-state index contributed by atoms with van der Waals surface area (Å²) in [5.74, 6) is 2.01. The Morgan fingerprint density at radius 1 is 1.35 bits per heavy atom. The summed E-state index contributed by atoms with van der Waals surface area (Å²) in [7, 11) is 1.84. The van der Waals surface area contributed by atoms with Crippen LogP contribution in [0.2, 0.25) is 0 Å². The van der Waals surface area contributed by atoms with E-state index in [9.17, 15) is 4.79 Å². The molecule has 2 rings (SSSR count). The summed E-state index contributed by atoms with van der Waals surface area (Å²) >= 11 is 0. The summed E-state index contributed by atoms with van der Waals surface area (Å²) in [6.45, 7) is 4.05. The molecule has 0 saturated heterocycles. The Kier molecular flexibility index (Phi) is 4.42. The lowest BCUT2D eigenvalue weighted by Gasteiger charge is -2.30. The van der Waals surface area contributed by atoms with Gasteiger partial charge in [-0.15, -0.1) is 0 Å². The van der Waals surface area contributed by atoms with E-state index in [4.69, 9.17) is 5.73 Å². The Morgan fingerprint density at radius 2 is 2.00 bits per heavy atom. The lowest BCUT2D eigenvalue weighted by Crippen LogP contribution is -2.41. The molecule has 0 radical (unpaired) electrons. The standard InChI is InChI=1S/C14H23N5O/c1-9-13(16-3)17-10(2)18-14(9)19(8-12(15)20)11-6-4-5-7-11/h11H,4-8H2,1-3H3,(H2,15,20)(H,16,17,18). The molecule has 110 valence electrons. The fourth-order valence-corrected chi connectivity index (χ4v) is 2.90. The zero-order valence-corrected chi connectivity index (χ0v) is 12.4. The van der Waals surface area contributed by atoms with Crippen molar-refractivity contribution < 1.29 is 4.79 Å². The number of primary amides is 1. The van der Waals surface area contributed by atoms with Crippen molar-refractivity contribution >= 4 is 17.5 Å². The van der Waals surface area contributed by atoms with Crippen LogP contribution in [0.3, 0.4) is 0 Å². The molecule has 1 heterocycles. The highest BCUT2D eigenvalue weighted by molar-refractivity contribution is 5.80. The average Bonchev–Trinajstić information content (AvgIpc) is 2.92. The van der Waals surface area contributed by atoms with Crippen LogP contribution in [0.1, 0.15) is 37.1 Å². The number of hydrogen-bond donors (Lipinski definition) is 2. The minimum Gasteiger partial charge on any atom is -0.373 e. The van der Waals surface area contributed by atoms with Gasteiger partial charge in [0.15, 0.2) is 0 Å². The maximum atomic E-state index is 11.4. The van der Waals surface area contributed by atoms with Gasteiger partial charge < -0.3 is 16.0 Å². The van der Waals surface area contributed by atoms with Gasteiger partial charge in [0.25, 0.3) is 0 Å². The van der Waals surface area contributed by atoms with Crippen LogP contribution in [-0.4, -0.2) is 35.5 Å². The zero-order valence-electron chi connectivity index (χ0n) is 12.4. The Bertz CT molecular complexity index is 497. The predicted molar refractivity (Wildman–Crippen MR) is 79.8 cm³/mol. The van der Waals surface area contributed by atoms with Crippen LogP contribution in [0.5, 0.6) is 0 Å². The van der Waals surface area contributed by atoms with Crippen molar-refractivity contribution in [3.63, 3.8) is 0 Å². The summed E-state index contributed by atoms with van der Waals surface area (Å²) < 4.78 is 0. The second kappa shape index (κ2) is 6.07. The Morgan fingerprint density at radius 3 is 2.55 bits per heavy atom. The van der Waals surface area contributed by atoms with E-state index in [1.165, 1.54) is 12.8 Å². The minimum atomic E-state index is -0.321. The number of carbonyl (C=O) groups is 1. The normalized spacial score (nSPS) is 15.3. The average molecular weight is 277 g/mol. The van der Waals surface area contributed by atoms with Crippen LogP contribution in [0.4, 0.5) is 11.6 Å². The van der Waals surface area contributed by atoms with Crippen molar-refractivity contribution in [3.8, 4) is 0 Å². The van der Waals surface area contributed by atoms with E-state index >= 15 is 0 Å². The van der Waals surface area contributed by atoms with Crippen LogP contribution in [0.15, 0.2) is 0 Å². The Hall–Kier alpha value is -1.85. The lowest BCUT2D eigenvalue weighted by atomic mass is 10.1. The molecular weight excluding hydrogens is 254 g/mol. The highest BCUT2D eigenvalue weighted by atomic mass is 16.1. The highest BCUT2D eigenvalue weighted by Gasteiger charge is 2.27. The van der Waals surface area contributed by atoms with Crippen LogP contribution in [-0.2, 0) is 4.79 Å². The number of rotatable bonds is 5. The molecule has 20 heavy (non-hydrogen) atoms. The van der Waals surface area contributed by atoms with E-state index < -0.39 is 0 Å². The lowest BCUT2D eigenvalue weighted by molar-refractivity contribution is -0.116. The van der Waals surface area contributed by atoms with E-state index in [-0.39, 0.29) is 12.5 Å². The number of nitrogens with one attached hydrogen (secondary N) is 1. The summed E-state index contributed by atoms with van der Waals surface area (Å²) in [5.41, 5.74) is 6.38. The highest BCUT2D eigenvalue weighted by Crippen LogP contribution is 2.30. The first kappa shape index (κ1) is 14.6. The number of nitrogens with zero attached hydrogens (tertiary/aromatic N) is 3. The third-order valence-electron chi connectivity index (χ3n) is 3.83. The number of amides is 1. The molecule has 1 aromatic heterocycles. The summed E-state index contributed by atoms with van der Waals surface area (Å²) in [5, 5.41) is 3.08. The van der Waals surface area contributed by atoms with Gasteiger partial charge in [-0.2, -0.15) is 0 Å². The van der Waals surface area contributed by atoms with E-state index in [0.29, 0.717) is 11.9 Å². The fraction of sp³-hybridized carbons (Fsp3) is 0.643. The molecule has 0 spiro atoms. The zero-order chi connectivity index (χ0) is 14.7. The quantitative estimate of drug-likeness (QED) is 0.849. The molecule has 1 aromatic rings. The Labute approximate surface area is 119 Å². The summed E-state index contributed by atoms with van der Waals surface area (Å²) in [4.78, 5) is 22.4. The monoisotopic (exact) mass is 277 g/mol. The van der Waals surface area contributed by atoms with Crippen LogP contribution < -0.4 is 16.0 Å². The van der Waals surface area contributed by atoms with Gasteiger partial charge >= 0.3 is 0 Å². The Balaban J connectivity index is 2.41. The van der Waals surface area contributed by atoms with Gasteiger partial charge in [0, 0.05) is 18.7 Å².